The van der Waals surface area contributed by atoms with Gasteiger partial charge in [0.15, 0.2) is 11.2 Å². The van der Waals surface area contributed by atoms with Crippen molar-refractivity contribution in [1.82, 2.24) is 0 Å². The van der Waals surface area contributed by atoms with Crippen LogP contribution in [0.4, 0.5) is 11.4 Å². The summed E-state index contributed by atoms with van der Waals surface area (Å²) in [7, 11) is 1.31. The Balaban J connectivity index is 1.95. The minimum Gasteiger partial charge on any atom is -0.465 e. The number of esters is 1. The summed E-state index contributed by atoms with van der Waals surface area (Å²) in [5, 5.41) is 3.07. The molecule has 1 aliphatic carbocycles. The van der Waals surface area contributed by atoms with Crippen LogP contribution < -0.4 is 5.32 Å². The van der Waals surface area contributed by atoms with Crippen LogP contribution in [0.25, 0.3) is 4.85 Å². The summed E-state index contributed by atoms with van der Waals surface area (Å²) in [6, 6.07) is 3.20. The molecule has 0 bridgehead atoms. The van der Waals surface area contributed by atoms with Crippen LogP contribution in [0.1, 0.15) is 61.4 Å². The molecule has 1 N–H and O–H groups in total. The summed E-state index contributed by atoms with van der Waals surface area (Å²) in [6.45, 7) is 14.3. The number of rotatable bonds is 5. The van der Waals surface area contributed by atoms with Crippen LogP contribution in [-0.2, 0) is 9.53 Å². The SMILES string of the molecule is [C-]#[N+]c1cc(C)c(NC(=O)C2([N+]3(CC)CCCCCC3)CC2)c(C(=O)OC)c1. The lowest BCUT2D eigenvalue weighted by atomic mass is 10.0. The van der Waals surface area contributed by atoms with E-state index in [1.54, 1.807) is 6.07 Å². The van der Waals surface area contributed by atoms with Gasteiger partial charge in [0, 0.05) is 12.8 Å². The van der Waals surface area contributed by atoms with Gasteiger partial charge in [-0.25, -0.2) is 9.64 Å². The van der Waals surface area contributed by atoms with Crippen molar-refractivity contribution in [3.63, 3.8) is 0 Å². The number of hydrogen-bond acceptors (Lipinski definition) is 3. The highest BCUT2D eigenvalue weighted by Gasteiger charge is 2.64. The summed E-state index contributed by atoms with van der Waals surface area (Å²) < 4.78 is 5.74. The number of carbonyl (C=O) groups excluding carboxylic acids is 2. The summed E-state index contributed by atoms with van der Waals surface area (Å²) in [4.78, 5) is 29.2. The molecular weight excluding hydrogens is 354 g/mol. The maximum atomic E-state index is 13.5. The first kappa shape index (κ1) is 20.3. The molecule has 1 saturated heterocycles. The maximum Gasteiger partial charge on any atom is 0.338 e. The van der Waals surface area contributed by atoms with Crippen LogP contribution in [0.15, 0.2) is 12.1 Å². The Hall–Kier alpha value is -2.39. The topological polar surface area (TPSA) is 59.8 Å². The molecule has 2 aliphatic rings. The molecule has 6 heteroatoms. The molecule has 1 aromatic rings. The Morgan fingerprint density at radius 3 is 2.36 bits per heavy atom. The van der Waals surface area contributed by atoms with Gasteiger partial charge in [-0.2, -0.15) is 0 Å². The van der Waals surface area contributed by atoms with E-state index in [2.05, 4.69) is 17.1 Å². The van der Waals surface area contributed by atoms with E-state index in [1.807, 2.05) is 6.92 Å². The number of carbonyl (C=O) groups is 2. The van der Waals surface area contributed by atoms with Crippen LogP contribution in [0.2, 0.25) is 0 Å². The lowest BCUT2D eigenvalue weighted by Crippen LogP contribution is -2.62. The number of benzene rings is 1. The average molecular weight is 385 g/mol. The van der Waals surface area contributed by atoms with Crippen molar-refractivity contribution < 1.29 is 18.8 Å². The van der Waals surface area contributed by atoms with E-state index >= 15 is 0 Å². The van der Waals surface area contributed by atoms with Crippen molar-refractivity contribution in [2.45, 2.75) is 57.9 Å². The van der Waals surface area contributed by atoms with E-state index in [1.165, 1.54) is 26.0 Å². The Labute approximate surface area is 167 Å². The van der Waals surface area contributed by atoms with E-state index < -0.39 is 11.5 Å². The first-order valence-corrected chi connectivity index (χ1v) is 10.2. The van der Waals surface area contributed by atoms with Gasteiger partial charge < -0.3 is 14.5 Å². The lowest BCUT2D eigenvalue weighted by molar-refractivity contribution is -0.950. The van der Waals surface area contributed by atoms with E-state index in [0.29, 0.717) is 16.9 Å². The van der Waals surface area contributed by atoms with Crippen LogP contribution in [0.5, 0.6) is 0 Å². The highest BCUT2D eigenvalue weighted by atomic mass is 16.5. The molecule has 1 amide bonds. The number of ether oxygens (including phenoxy) is 1. The maximum absolute atomic E-state index is 13.5. The summed E-state index contributed by atoms with van der Waals surface area (Å²) in [5.74, 6) is -0.539. The summed E-state index contributed by atoms with van der Waals surface area (Å²) >= 11 is 0. The predicted molar refractivity (Wildman–Crippen MR) is 108 cm³/mol. The molecular formula is C22H30N3O3+. The zero-order chi connectivity index (χ0) is 20.4. The van der Waals surface area contributed by atoms with Crippen LogP contribution >= 0.6 is 0 Å². The minimum absolute atomic E-state index is 0.0000605. The molecule has 3 rings (SSSR count). The number of aryl methyl sites for hydroxylation is 1. The van der Waals surface area contributed by atoms with Crippen molar-refractivity contribution in [2.75, 3.05) is 32.1 Å². The second-order valence-electron chi connectivity index (χ2n) is 8.10. The van der Waals surface area contributed by atoms with Crippen molar-refractivity contribution >= 4 is 23.3 Å². The molecule has 2 fully saturated rings. The van der Waals surface area contributed by atoms with Gasteiger partial charge in [0.1, 0.15) is 0 Å². The van der Waals surface area contributed by atoms with Crippen molar-refractivity contribution in [1.29, 1.82) is 0 Å². The van der Waals surface area contributed by atoms with Gasteiger partial charge in [-0.3, -0.25) is 4.79 Å². The molecule has 0 spiro atoms. The van der Waals surface area contributed by atoms with Gasteiger partial charge in [-0.15, -0.1) is 0 Å². The van der Waals surface area contributed by atoms with Gasteiger partial charge in [0.25, 0.3) is 5.91 Å². The van der Waals surface area contributed by atoms with Gasteiger partial charge in [0.05, 0.1) is 44.6 Å². The van der Waals surface area contributed by atoms with Gasteiger partial charge in [0.2, 0.25) is 0 Å². The summed E-state index contributed by atoms with van der Waals surface area (Å²) in [6.07, 6.45) is 6.58. The fourth-order valence-electron chi connectivity index (χ4n) is 4.88. The first-order valence-electron chi connectivity index (χ1n) is 10.2. The molecule has 6 nitrogen and oxygen atoms in total. The number of anilines is 1. The van der Waals surface area contributed by atoms with Gasteiger partial charge in [-0.05, 0) is 51.2 Å². The largest absolute Gasteiger partial charge is 0.465 e. The predicted octanol–water partition coefficient (Wildman–Crippen LogP) is 4.21. The van der Waals surface area contributed by atoms with Gasteiger partial charge >= 0.3 is 5.97 Å². The molecule has 0 radical (unpaired) electrons. The Bertz CT molecular complexity index is 813. The quantitative estimate of drug-likeness (QED) is 0.470. The molecule has 1 aromatic carbocycles. The zero-order valence-corrected chi connectivity index (χ0v) is 17.1. The average Bonchev–Trinajstić information content (AvgIpc) is 3.53. The van der Waals surface area contributed by atoms with Gasteiger partial charge in [-0.1, -0.05) is 6.07 Å². The molecule has 28 heavy (non-hydrogen) atoms. The molecule has 0 atom stereocenters. The number of likely N-dealkylation sites (N-methyl/N-ethyl adjacent to an activating group) is 1. The van der Waals surface area contributed by atoms with Crippen molar-refractivity contribution in [2.24, 2.45) is 0 Å². The molecule has 1 heterocycles. The number of likely N-dealkylation sites (tertiary alicyclic amines) is 1. The van der Waals surface area contributed by atoms with Crippen molar-refractivity contribution in [3.8, 4) is 0 Å². The molecule has 1 saturated carbocycles. The Morgan fingerprint density at radius 2 is 1.86 bits per heavy atom. The number of amides is 1. The number of hydrogen-bond donors (Lipinski definition) is 1. The van der Waals surface area contributed by atoms with Crippen LogP contribution in [0, 0.1) is 13.5 Å². The third kappa shape index (κ3) is 3.40. The third-order valence-corrected chi connectivity index (χ3v) is 6.68. The third-order valence-electron chi connectivity index (χ3n) is 6.68. The molecule has 150 valence electrons. The minimum atomic E-state index is -0.539. The van der Waals surface area contributed by atoms with Crippen LogP contribution in [-0.4, -0.2) is 48.6 Å². The molecule has 0 aromatic heterocycles. The van der Waals surface area contributed by atoms with E-state index in [0.717, 1.165) is 49.8 Å². The fraction of sp³-hybridized carbons (Fsp3) is 0.591. The van der Waals surface area contributed by atoms with E-state index in [-0.39, 0.29) is 11.5 Å². The van der Waals surface area contributed by atoms with E-state index in [9.17, 15) is 9.59 Å². The Kier molecular flexibility index (Phi) is 5.76. The number of nitrogens with one attached hydrogen (secondary N) is 1. The number of nitrogens with zero attached hydrogens (tertiary/aromatic N) is 2. The monoisotopic (exact) mass is 384 g/mol. The first-order chi connectivity index (χ1) is 13.4. The number of quaternary nitrogens is 1. The standard InChI is InChI=1S/C22H29N3O3/c1-5-25(12-8-6-7-9-13-25)22(10-11-22)21(27)24-19-16(2)14-17(23-3)15-18(19)20(26)28-4/h14-15H,5-13H2,1-2,4H3/p+1. The molecule has 0 unspecified atom stereocenters. The van der Waals surface area contributed by atoms with Crippen LogP contribution in [0.3, 0.4) is 0 Å². The lowest BCUT2D eigenvalue weighted by Gasteiger charge is -2.43. The number of methoxy groups -OCH3 is 1. The fourth-order valence-corrected chi connectivity index (χ4v) is 4.88. The van der Waals surface area contributed by atoms with Crippen molar-refractivity contribution in [3.05, 3.63) is 34.7 Å². The second-order valence-corrected chi connectivity index (χ2v) is 8.10. The highest BCUT2D eigenvalue weighted by molar-refractivity contribution is 6.06. The smallest absolute Gasteiger partial charge is 0.338 e. The highest BCUT2D eigenvalue weighted by Crippen LogP contribution is 2.49. The zero-order valence-electron chi connectivity index (χ0n) is 17.1. The summed E-state index contributed by atoms with van der Waals surface area (Å²) in [5.41, 5.74) is 1.40. The van der Waals surface area contributed by atoms with E-state index in [4.69, 9.17) is 11.3 Å². The normalized spacial score (nSPS) is 19.8. The molecule has 1 aliphatic heterocycles. The Morgan fingerprint density at radius 1 is 1.21 bits per heavy atom. The second kappa shape index (κ2) is 7.92.